The summed E-state index contributed by atoms with van der Waals surface area (Å²) in [5.74, 6) is 0.278. The van der Waals surface area contributed by atoms with Gasteiger partial charge in [0.1, 0.15) is 5.69 Å². The van der Waals surface area contributed by atoms with E-state index in [9.17, 15) is 9.59 Å². The van der Waals surface area contributed by atoms with Gasteiger partial charge in [0.15, 0.2) is 11.4 Å². The summed E-state index contributed by atoms with van der Waals surface area (Å²) in [6, 6.07) is 20.6. The number of carbonyl (C=O) groups excluding carboxylic acids is 1. The van der Waals surface area contributed by atoms with Crippen molar-refractivity contribution in [2.75, 3.05) is 0 Å². The minimum absolute atomic E-state index is 0.186. The van der Waals surface area contributed by atoms with Crippen LogP contribution in [0.1, 0.15) is 16.8 Å². The largest absolute Gasteiger partial charge is 0.426 e. The molecule has 0 saturated carbocycles. The average Bonchev–Trinajstić information content (AvgIpc) is 3.09. The summed E-state index contributed by atoms with van der Waals surface area (Å²) in [7, 11) is 0. The van der Waals surface area contributed by atoms with Crippen LogP contribution < -0.4 is 10.3 Å². The molecule has 3 aromatic carbocycles. The van der Waals surface area contributed by atoms with Gasteiger partial charge in [-0.25, -0.2) is 4.68 Å². The van der Waals surface area contributed by atoms with E-state index < -0.39 is 0 Å². The Bertz CT molecular complexity index is 1370. The highest BCUT2D eigenvalue weighted by atomic mass is 16.5. The van der Waals surface area contributed by atoms with Gasteiger partial charge in [0.25, 0.3) is 12.0 Å². The molecule has 0 fully saturated rings. The van der Waals surface area contributed by atoms with Crippen molar-refractivity contribution in [1.29, 1.82) is 0 Å². The van der Waals surface area contributed by atoms with Crippen molar-refractivity contribution in [1.82, 2.24) is 9.78 Å². The Balaban J connectivity index is 1.76. The Labute approximate surface area is 185 Å². The van der Waals surface area contributed by atoms with Crippen LogP contribution in [0.4, 0.5) is 11.4 Å². The van der Waals surface area contributed by atoms with E-state index in [4.69, 9.17) is 4.74 Å². The lowest BCUT2D eigenvalue weighted by atomic mass is 10.0. The summed E-state index contributed by atoms with van der Waals surface area (Å²) >= 11 is 0. The van der Waals surface area contributed by atoms with Gasteiger partial charge in [-0.05, 0) is 55.7 Å². The Morgan fingerprint density at radius 3 is 2.41 bits per heavy atom. The quantitative estimate of drug-likeness (QED) is 0.316. The highest BCUT2D eigenvalue weighted by Crippen LogP contribution is 2.38. The first-order chi connectivity index (χ1) is 15.5. The second-order valence-electron chi connectivity index (χ2n) is 7.43. The summed E-state index contributed by atoms with van der Waals surface area (Å²) in [4.78, 5) is 24.1. The van der Waals surface area contributed by atoms with Crippen molar-refractivity contribution in [3.63, 3.8) is 0 Å². The maximum absolute atomic E-state index is 13.0. The monoisotopic (exact) mass is 426 g/mol. The molecule has 4 rings (SSSR count). The normalized spacial score (nSPS) is 11.1. The molecule has 0 spiro atoms. The molecule has 1 aromatic heterocycles. The number of para-hydroxylation sites is 1. The molecule has 1 N–H and O–H groups in total. The molecular formula is C25H22N4O3. The second kappa shape index (κ2) is 8.85. The predicted octanol–water partition coefficient (Wildman–Crippen LogP) is 5.71. The number of hydrogen-bond acceptors (Lipinski definition) is 5. The molecule has 0 aliphatic carbocycles. The minimum atomic E-state index is -0.313. The third kappa shape index (κ3) is 4.00. The van der Waals surface area contributed by atoms with E-state index in [0.29, 0.717) is 23.4 Å². The summed E-state index contributed by atoms with van der Waals surface area (Å²) in [5.41, 5.74) is 5.31. The van der Waals surface area contributed by atoms with Gasteiger partial charge in [-0.2, -0.15) is 0 Å². The van der Waals surface area contributed by atoms with Crippen LogP contribution in [0, 0.1) is 20.8 Å². The molecule has 7 nitrogen and oxygen atoms in total. The fraction of sp³-hybridized carbons (Fsp3) is 0.120. The van der Waals surface area contributed by atoms with Crippen molar-refractivity contribution in [2.45, 2.75) is 20.8 Å². The third-order valence-electron chi connectivity index (χ3n) is 5.29. The van der Waals surface area contributed by atoms with E-state index in [1.807, 2.05) is 68.4 Å². The highest BCUT2D eigenvalue weighted by molar-refractivity contribution is 5.78. The standard InChI is InChI=1S/C25H22N4O3/c1-16-12-13-20(14-17(16)2)29-25(31)23(18(3)28-29)27-26-22-11-7-10-21(24(22)32-15-30)19-8-5-4-6-9-19/h4-15,28H,1-3H3. The van der Waals surface area contributed by atoms with E-state index in [1.54, 1.807) is 19.1 Å². The van der Waals surface area contributed by atoms with Gasteiger partial charge in [-0.3, -0.25) is 14.7 Å². The topological polar surface area (TPSA) is 88.8 Å². The lowest BCUT2D eigenvalue weighted by Crippen LogP contribution is -2.14. The highest BCUT2D eigenvalue weighted by Gasteiger charge is 2.15. The van der Waals surface area contributed by atoms with Crippen molar-refractivity contribution < 1.29 is 9.53 Å². The zero-order valence-corrected chi connectivity index (χ0v) is 18.0. The molecule has 0 amide bonds. The van der Waals surface area contributed by atoms with E-state index in [2.05, 4.69) is 15.3 Å². The Kier molecular flexibility index (Phi) is 5.81. The molecule has 7 heteroatoms. The van der Waals surface area contributed by atoms with Crippen molar-refractivity contribution >= 4 is 17.8 Å². The first-order valence-corrected chi connectivity index (χ1v) is 10.1. The van der Waals surface area contributed by atoms with Gasteiger partial charge < -0.3 is 4.74 Å². The van der Waals surface area contributed by atoms with E-state index in [0.717, 1.165) is 22.4 Å². The molecule has 0 unspecified atom stereocenters. The zero-order chi connectivity index (χ0) is 22.7. The maximum atomic E-state index is 13.0. The number of aromatic amines is 1. The molecule has 0 aliphatic rings. The molecule has 32 heavy (non-hydrogen) atoms. The number of aromatic nitrogens is 2. The van der Waals surface area contributed by atoms with Crippen LogP contribution in [0.2, 0.25) is 0 Å². The molecule has 0 saturated heterocycles. The Morgan fingerprint density at radius 2 is 1.69 bits per heavy atom. The maximum Gasteiger partial charge on any atom is 0.299 e. The van der Waals surface area contributed by atoms with Crippen LogP contribution in [0.15, 0.2) is 81.8 Å². The minimum Gasteiger partial charge on any atom is -0.426 e. The van der Waals surface area contributed by atoms with Crippen molar-refractivity contribution in [3.05, 3.63) is 93.9 Å². The van der Waals surface area contributed by atoms with Gasteiger partial charge in [0.05, 0.1) is 11.4 Å². The Morgan fingerprint density at radius 1 is 0.906 bits per heavy atom. The molecule has 0 radical (unpaired) electrons. The van der Waals surface area contributed by atoms with Crippen molar-refractivity contribution in [2.24, 2.45) is 10.2 Å². The zero-order valence-electron chi connectivity index (χ0n) is 18.0. The summed E-state index contributed by atoms with van der Waals surface area (Å²) in [5, 5.41) is 11.5. The van der Waals surface area contributed by atoms with Crippen molar-refractivity contribution in [3.8, 4) is 22.6 Å². The third-order valence-corrected chi connectivity index (χ3v) is 5.29. The van der Waals surface area contributed by atoms with Gasteiger partial charge in [-0.1, -0.05) is 48.5 Å². The van der Waals surface area contributed by atoms with Gasteiger partial charge in [0, 0.05) is 5.56 Å². The lowest BCUT2D eigenvalue weighted by molar-refractivity contribution is -0.120. The molecule has 1 heterocycles. The molecular weight excluding hydrogens is 404 g/mol. The number of H-pyrrole nitrogens is 1. The first-order valence-electron chi connectivity index (χ1n) is 10.1. The first kappa shape index (κ1) is 21.0. The Hall–Kier alpha value is -4.26. The predicted molar refractivity (Wildman–Crippen MR) is 123 cm³/mol. The lowest BCUT2D eigenvalue weighted by Gasteiger charge is -2.09. The molecule has 4 aromatic rings. The fourth-order valence-corrected chi connectivity index (χ4v) is 3.43. The van der Waals surface area contributed by atoms with Crippen LogP contribution in [-0.4, -0.2) is 16.3 Å². The number of azo groups is 1. The van der Waals surface area contributed by atoms with Gasteiger partial charge >= 0.3 is 0 Å². The smallest absolute Gasteiger partial charge is 0.299 e. The van der Waals surface area contributed by atoms with Gasteiger partial charge in [0.2, 0.25) is 0 Å². The van der Waals surface area contributed by atoms with E-state index in [1.165, 1.54) is 4.68 Å². The number of aryl methyl sites for hydroxylation is 3. The van der Waals surface area contributed by atoms with Gasteiger partial charge in [-0.15, -0.1) is 10.2 Å². The number of nitrogens with one attached hydrogen (secondary N) is 1. The van der Waals surface area contributed by atoms with Crippen LogP contribution >= 0.6 is 0 Å². The molecule has 0 atom stereocenters. The van der Waals surface area contributed by atoms with E-state index >= 15 is 0 Å². The number of hydrogen-bond donors (Lipinski definition) is 1. The number of rotatable bonds is 6. The van der Waals surface area contributed by atoms with Crippen LogP contribution in [-0.2, 0) is 4.79 Å². The molecule has 0 bridgehead atoms. The number of nitrogens with zero attached hydrogens (tertiary/aromatic N) is 3. The summed E-state index contributed by atoms with van der Waals surface area (Å²) in [6.45, 7) is 6.13. The average molecular weight is 426 g/mol. The summed E-state index contributed by atoms with van der Waals surface area (Å²) < 4.78 is 6.69. The number of ether oxygens (including phenoxy) is 1. The SMILES string of the molecule is Cc1ccc(-n2[nH]c(C)c(N=Nc3cccc(-c4ccccc4)c3OC=O)c2=O)cc1C. The second-order valence-corrected chi connectivity index (χ2v) is 7.43. The number of benzene rings is 3. The summed E-state index contributed by atoms with van der Waals surface area (Å²) in [6.07, 6.45) is 0. The van der Waals surface area contributed by atoms with Crippen LogP contribution in [0.3, 0.4) is 0 Å². The fourth-order valence-electron chi connectivity index (χ4n) is 3.43. The van der Waals surface area contributed by atoms with Crippen LogP contribution in [0.25, 0.3) is 16.8 Å². The van der Waals surface area contributed by atoms with Crippen LogP contribution in [0.5, 0.6) is 5.75 Å². The van der Waals surface area contributed by atoms with E-state index in [-0.39, 0.29) is 17.0 Å². The molecule has 160 valence electrons. The number of carbonyl (C=O) groups is 1. The molecule has 0 aliphatic heterocycles.